The van der Waals surface area contributed by atoms with Crippen molar-refractivity contribution in [3.8, 4) is 0 Å². The Hall–Kier alpha value is -2.42. The number of carbonyl (C=O) groups excluding carboxylic acids is 4. The van der Waals surface area contributed by atoms with Crippen molar-refractivity contribution in [2.45, 2.75) is 31.9 Å². The zero-order chi connectivity index (χ0) is 17.7. The van der Waals surface area contributed by atoms with Crippen LogP contribution in [0.5, 0.6) is 0 Å². The molecule has 0 spiro atoms. The van der Waals surface area contributed by atoms with Gasteiger partial charge in [0.2, 0.25) is 0 Å². The molecule has 9 heteroatoms. The van der Waals surface area contributed by atoms with E-state index in [1.54, 1.807) is 24.3 Å². The molecule has 128 valence electrons. The van der Waals surface area contributed by atoms with Crippen LogP contribution in [0.2, 0.25) is 0 Å². The summed E-state index contributed by atoms with van der Waals surface area (Å²) in [7, 11) is 0. The second-order valence-corrected chi connectivity index (χ2v) is 6.10. The van der Waals surface area contributed by atoms with Crippen LogP contribution in [0.15, 0.2) is 28.7 Å². The second-order valence-electron chi connectivity index (χ2n) is 5.18. The predicted octanol–water partition coefficient (Wildman–Crippen LogP) is 1.31. The van der Waals surface area contributed by atoms with Gasteiger partial charge >= 0.3 is 12.0 Å². The third-order valence-corrected chi connectivity index (χ3v) is 3.81. The van der Waals surface area contributed by atoms with E-state index >= 15 is 0 Å². The highest BCUT2D eigenvalue weighted by Crippen LogP contribution is 2.14. The van der Waals surface area contributed by atoms with Gasteiger partial charge in [-0.2, -0.15) is 0 Å². The molecule has 2 rings (SSSR count). The molecule has 4 amide bonds. The van der Waals surface area contributed by atoms with Crippen LogP contribution < -0.4 is 16.0 Å². The molecule has 0 aliphatic carbocycles. The molecule has 2 atom stereocenters. The minimum absolute atomic E-state index is 0.0890. The predicted molar refractivity (Wildman–Crippen MR) is 88.0 cm³/mol. The number of rotatable bonds is 6. The maximum absolute atomic E-state index is 12.0. The van der Waals surface area contributed by atoms with Crippen molar-refractivity contribution in [2.75, 3.05) is 5.32 Å². The first-order chi connectivity index (χ1) is 11.3. The number of carbonyl (C=O) groups is 4. The molecular weight excluding hydrogens is 382 g/mol. The zero-order valence-corrected chi connectivity index (χ0v) is 14.4. The fourth-order valence-electron chi connectivity index (χ4n) is 2.01. The summed E-state index contributed by atoms with van der Waals surface area (Å²) in [6.07, 6.45) is -0.959. The van der Waals surface area contributed by atoms with Gasteiger partial charge in [-0.05, 0) is 37.6 Å². The number of benzene rings is 1. The van der Waals surface area contributed by atoms with E-state index in [9.17, 15) is 19.2 Å². The fraction of sp³-hybridized carbons (Fsp3) is 0.333. The third kappa shape index (κ3) is 5.05. The summed E-state index contributed by atoms with van der Waals surface area (Å²) < 4.78 is 5.90. The molecule has 0 saturated carbocycles. The molecule has 1 heterocycles. The number of amides is 4. The van der Waals surface area contributed by atoms with Crippen LogP contribution in [0.1, 0.15) is 19.8 Å². The number of urea groups is 1. The number of anilines is 1. The molecule has 1 aromatic rings. The molecule has 1 aliphatic rings. The van der Waals surface area contributed by atoms with Gasteiger partial charge in [-0.3, -0.25) is 19.7 Å². The summed E-state index contributed by atoms with van der Waals surface area (Å²) in [5.41, 5.74) is 0.580. The largest absolute Gasteiger partial charge is 0.453 e. The van der Waals surface area contributed by atoms with Crippen molar-refractivity contribution < 1.29 is 23.9 Å². The number of esters is 1. The number of hydrogen-bond donors (Lipinski definition) is 3. The molecule has 1 fully saturated rings. The molecule has 1 aromatic carbocycles. The average Bonchev–Trinajstić information content (AvgIpc) is 2.85. The molecule has 3 N–H and O–H groups in total. The van der Waals surface area contributed by atoms with Gasteiger partial charge < -0.3 is 15.4 Å². The monoisotopic (exact) mass is 397 g/mol. The van der Waals surface area contributed by atoms with Gasteiger partial charge in [0.15, 0.2) is 6.10 Å². The molecule has 1 saturated heterocycles. The summed E-state index contributed by atoms with van der Waals surface area (Å²) in [5, 5.41) is 7.08. The fourth-order valence-corrected chi connectivity index (χ4v) is 2.28. The van der Waals surface area contributed by atoms with Gasteiger partial charge in [0.25, 0.3) is 11.8 Å². The Labute approximate surface area is 146 Å². The highest BCUT2D eigenvalue weighted by molar-refractivity contribution is 9.10. The van der Waals surface area contributed by atoms with Crippen molar-refractivity contribution in [1.82, 2.24) is 10.6 Å². The Morgan fingerprint density at radius 2 is 1.96 bits per heavy atom. The maximum atomic E-state index is 12.0. The lowest BCUT2D eigenvalue weighted by Crippen LogP contribution is -2.32. The summed E-state index contributed by atoms with van der Waals surface area (Å²) in [6, 6.07) is 5.62. The summed E-state index contributed by atoms with van der Waals surface area (Å²) in [6.45, 7) is 1.45. The molecule has 8 nitrogen and oxygen atoms in total. The first-order valence-electron chi connectivity index (χ1n) is 7.22. The Bertz CT molecular complexity index is 662. The minimum atomic E-state index is -0.979. The first-order valence-corrected chi connectivity index (χ1v) is 8.01. The normalized spacial score (nSPS) is 17.7. The number of imide groups is 1. The van der Waals surface area contributed by atoms with Gasteiger partial charge in [-0.1, -0.05) is 15.9 Å². The SMILES string of the molecule is C[C@H](OC(=O)CC[C@@H]1NC(=O)NC1=O)C(=O)Nc1ccc(Br)cc1. The molecule has 0 unspecified atom stereocenters. The smallest absolute Gasteiger partial charge is 0.322 e. The molecular formula is C15H16BrN3O5. The van der Waals surface area contributed by atoms with E-state index in [1.807, 2.05) is 0 Å². The Morgan fingerprint density at radius 3 is 2.54 bits per heavy atom. The molecule has 0 radical (unpaired) electrons. The van der Waals surface area contributed by atoms with Gasteiger partial charge in [0, 0.05) is 16.6 Å². The molecule has 0 bridgehead atoms. The van der Waals surface area contributed by atoms with Crippen molar-refractivity contribution in [3.05, 3.63) is 28.7 Å². The lowest BCUT2D eigenvalue weighted by molar-refractivity contribution is -0.153. The molecule has 0 aromatic heterocycles. The molecule has 1 aliphatic heterocycles. The second kappa shape index (κ2) is 7.91. The van der Waals surface area contributed by atoms with Crippen LogP contribution >= 0.6 is 15.9 Å². The Kier molecular flexibility index (Phi) is 5.91. The van der Waals surface area contributed by atoms with Crippen molar-refractivity contribution in [2.24, 2.45) is 0 Å². The number of nitrogens with one attached hydrogen (secondary N) is 3. The van der Waals surface area contributed by atoms with Crippen LogP contribution in [0.25, 0.3) is 0 Å². The van der Waals surface area contributed by atoms with Crippen molar-refractivity contribution >= 4 is 45.4 Å². The van der Waals surface area contributed by atoms with E-state index in [0.717, 1.165) is 4.47 Å². The van der Waals surface area contributed by atoms with E-state index in [0.29, 0.717) is 5.69 Å². The van der Waals surface area contributed by atoms with E-state index in [-0.39, 0.29) is 12.8 Å². The minimum Gasteiger partial charge on any atom is -0.453 e. The van der Waals surface area contributed by atoms with E-state index in [4.69, 9.17) is 4.74 Å². The van der Waals surface area contributed by atoms with Crippen LogP contribution in [0.3, 0.4) is 0 Å². The Morgan fingerprint density at radius 1 is 1.29 bits per heavy atom. The van der Waals surface area contributed by atoms with E-state index in [2.05, 4.69) is 31.9 Å². The summed E-state index contributed by atoms with van der Waals surface area (Å²) >= 11 is 3.29. The average molecular weight is 398 g/mol. The quantitative estimate of drug-likeness (QED) is 0.494. The van der Waals surface area contributed by atoms with Crippen molar-refractivity contribution in [1.29, 1.82) is 0 Å². The summed E-state index contributed by atoms with van der Waals surface area (Å²) in [4.78, 5) is 46.0. The highest BCUT2D eigenvalue weighted by Gasteiger charge is 2.30. The third-order valence-electron chi connectivity index (χ3n) is 3.28. The van der Waals surface area contributed by atoms with Crippen LogP contribution in [0, 0.1) is 0 Å². The van der Waals surface area contributed by atoms with Crippen LogP contribution in [-0.4, -0.2) is 36.0 Å². The lowest BCUT2D eigenvalue weighted by Gasteiger charge is -2.14. The highest BCUT2D eigenvalue weighted by atomic mass is 79.9. The lowest BCUT2D eigenvalue weighted by atomic mass is 10.1. The number of hydrogen-bond acceptors (Lipinski definition) is 5. The number of ether oxygens (including phenoxy) is 1. The van der Waals surface area contributed by atoms with Crippen molar-refractivity contribution in [3.63, 3.8) is 0 Å². The summed E-state index contributed by atoms with van der Waals surface area (Å²) in [5.74, 6) is -1.56. The van der Waals surface area contributed by atoms with E-state index in [1.165, 1.54) is 6.92 Å². The van der Waals surface area contributed by atoms with Gasteiger partial charge in [-0.25, -0.2) is 4.79 Å². The number of halogens is 1. The zero-order valence-electron chi connectivity index (χ0n) is 12.8. The van der Waals surface area contributed by atoms with Crippen LogP contribution in [0.4, 0.5) is 10.5 Å². The van der Waals surface area contributed by atoms with Crippen LogP contribution in [-0.2, 0) is 19.1 Å². The maximum Gasteiger partial charge on any atom is 0.322 e. The standard InChI is InChI=1S/C15H16BrN3O5/c1-8(13(21)17-10-4-2-9(16)3-5-10)24-12(20)7-6-11-14(22)19-15(23)18-11/h2-5,8,11H,6-7H2,1H3,(H,17,21)(H2,18,19,22,23)/t8-,11-/m0/s1. The van der Waals surface area contributed by atoms with E-state index < -0.39 is 36.0 Å². The molecule has 24 heavy (non-hydrogen) atoms. The Balaban J connectivity index is 1.76. The topological polar surface area (TPSA) is 114 Å². The van der Waals surface area contributed by atoms with Gasteiger partial charge in [0.1, 0.15) is 6.04 Å². The first kappa shape index (κ1) is 17.9. The van der Waals surface area contributed by atoms with Gasteiger partial charge in [0.05, 0.1) is 0 Å². The van der Waals surface area contributed by atoms with Gasteiger partial charge in [-0.15, -0.1) is 0 Å².